The van der Waals surface area contributed by atoms with Crippen LogP contribution in [-0.2, 0) is 27.8 Å². The summed E-state index contributed by atoms with van der Waals surface area (Å²) in [5.41, 5.74) is -0.0261. The molecule has 5 atom stereocenters. The molecule has 1 aromatic heterocycles. The van der Waals surface area contributed by atoms with Gasteiger partial charge in [-0.2, -0.15) is 4.68 Å². The molecular formula is C27H28N4O5. The molecule has 36 heavy (non-hydrogen) atoms. The van der Waals surface area contributed by atoms with Gasteiger partial charge in [-0.15, -0.1) is 0 Å². The Morgan fingerprint density at radius 3 is 2.50 bits per heavy atom. The number of likely N-dealkylation sites (N-methyl/N-ethyl adjacent to an activating group) is 1. The van der Waals surface area contributed by atoms with Crippen LogP contribution in [0, 0.1) is 0 Å². The Bertz CT molecular complexity index is 1570. The zero-order valence-corrected chi connectivity index (χ0v) is 20.6. The zero-order valence-electron chi connectivity index (χ0n) is 20.6. The number of rotatable bonds is 3. The average Bonchev–Trinajstić information content (AvgIpc) is 3.41. The molecule has 186 valence electrons. The van der Waals surface area contributed by atoms with Gasteiger partial charge < -0.3 is 19.1 Å². The van der Waals surface area contributed by atoms with Crippen molar-refractivity contribution in [1.82, 2.24) is 18.8 Å². The largest absolute Gasteiger partial charge is 0.493 e. The molecule has 9 heteroatoms. The number of hydrogen-bond donors (Lipinski definition) is 0. The van der Waals surface area contributed by atoms with Gasteiger partial charge in [0, 0.05) is 25.1 Å². The third-order valence-corrected chi connectivity index (χ3v) is 10.0. The van der Waals surface area contributed by atoms with E-state index in [1.165, 1.54) is 10.1 Å². The number of aromatic nitrogens is 3. The van der Waals surface area contributed by atoms with Gasteiger partial charge in [-0.25, -0.2) is 18.8 Å². The number of methoxy groups -OCH3 is 2. The molecular weight excluding hydrogens is 460 g/mol. The smallest absolute Gasteiger partial charge is 0.354 e. The first kappa shape index (κ1) is 20.8. The Kier molecular flexibility index (Phi) is 3.67. The maximum Gasteiger partial charge on any atom is 0.354 e. The fraction of sp³-hybridized carbons (Fsp3) is 0.481. The average molecular weight is 489 g/mol. The number of para-hydroxylation sites is 1. The molecule has 4 bridgehead atoms. The standard InChI is InChI=1S/C27H28N4O5/c1-28-14-13-25-20-16-9-10-18(34-2)21(20)36-22(25)27(35-3)12-11-26(25,19(28)15-16)30-23(32)29(24(33)31(27)30)17-7-5-4-6-8-17/h4-10,19,22H,11-15H2,1-3H3. The molecule has 5 unspecified atom stereocenters. The fourth-order valence-electron chi connectivity index (χ4n) is 8.75. The van der Waals surface area contributed by atoms with E-state index in [0.717, 1.165) is 37.1 Å². The van der Waals surface area contributed by atoms with Gasteiger partial charge >= 0.3 is 11.4 Å². The number of fused-ring (bicyclic) bond motifs is 1. The third kappa shape index (κ3) is 1.86. The monoisotopic (exact) mass is 488 g/mol. The highest BCUT2D eigenvalue weighted by atomic mass is 16.6. The van der Waals surface area contributed by atoms with E-state index in [1.54, 1.807) is 35.7 Å². The lowest BCUT2D eigenvalue weighted by Crippen LogP contribution is -2.85. The minimum absolute atomic E-state index is 0.0364. The van der Waals surface area contributed by atoms with Crippen molar-refractivity contribution < 1.29 is 14.2 Å². The Morgan fingerprint density at radius 2 is 1.75 bits per heavy atom. The van der Waals surface area contributed by atoms with Crippen LogP contribution in [0.25, 0.3) is 5.69 Å². The normalized spacial score (nSPS) is 34.8. The van der Waals surface area contributed by atoms with E-state index in [2.05, 4.69) is 18.0 Å². The second-order valence-corrected chi connectivity index (χ2v) is 10.9. The maximum absolute atomic E-state index is 14.4. The molecule has 9 nitrogen and oxygen atoms in total. The lowest BCUT2D eigenvalue weighted by Gasteiger charge is -2.70. The predicted octanol–water partition coefficient (Wildman–Crippen LogP) is 1.57. The predicted molar refractivity (Wildman–Crippen MR) is 130 cm³/mol. The summed E-state index contributed by atoms with van der Waals surface area (Å²) >= 11 is 0. The number of ether oxygens (including phenoxy) is 3. The van der Waals surface area contributed by atoms with E-state index in [9.17, 15) is 9.59 Å². The summed E-state index contributed by atoms with van der Waals surface area (Å²) in [5.74, 6) is 1.44. The van der Waals surface area contributed by atoms with E-state index in [1.807, 2.05) is 24.3 Å². The summed E-state index contributed by atoms with van der Waals surface area (Å²) in [4.78, 5) is 30.9. The van der Waals surface area contributed by atoms with Gasteiger partial charge in [-0.1, -0.05) is 24.3 Å². The van der Waals surface area contributed by atoms with Crippen molar-refractivity contribution in [3.8, 4) is 17.2 Å². The number of nitrogens with zero attached hydrogens (tertiary/aromatic N) is 4. The lowest BCUT2D eigenvalue weighted by atomic mass is 9.45. The van der Waals surface area contributed by atoms with Crippen LogP contribution in [0.2, 0.25) is 0 Å². The minimum atomic E-state index is -1.11. The molecule has 2 spiro atoms. The number of piperidine rings is 1. The van der Waals surface area contributed by atoms with Gasteiger partial charge in [0.1, 0.15) is 0 Å². The van der Waals surface area contributed by atoms with Gasteiger partial charge in [0.15, 0.2) is 17.6 Å². The van der Waals surface area contributed by atoms with Crippen molar-refractivity contribution >= 4 is 0 Å². The summed E-state index contributed by atoms with van der Waals surface area (Å²) in [5, 5.41) is 0. The van der Waals surface area contributed by atoms with Crippen LogP contribution in [0.4, 0.5) is 0 Å². The molecule has 0 radical (unpaired) electrons. The molecule has 4 aliphatic heterocycles. The van der Waals surface area contributed by atoms with Crippen molar-refractivity contribution in [2.75, 3.05) is 27.8 Å². The van der Waals surface area contributed by atoms with Crippen LogP contribution in [0.15, 0.2) is 52.1 Å². The van der Waals surface area contributed by atoms with E-state index >= 15 is 0 Å². The van der Waals surface area contributed by atoms with E-state index in [4.69, 9.17) is 14.2 Å². The van der Waals surface area contributed by atoms with Crippen molar-refractivity contribution in [3.63, 3.8) is 0 Å². The van der Waals surface area contributed by atoms with Gasteiger partial charge in [0.05, 0.1) is 23.8 Å². The molecule has 5 heterocycles. The Labute approximate surface area is 207 Å². The Balaban J connectivity index is 1.55. The Morgan fingerprint density at radius 1 is 0.972 bits per heavy atom. The number of likely N-dealkylation sites (tertiary alicyclic amines) is 1. The van der Waals surface area contributed by atoms with Gasteiger partial charge in [0.2, 0.25) is 5.72 Å². The molecule has 2 fully saturated rings. The van der Waals surface area contributed by atoms with Crippen LogP contribution in [0.5, 0.6) is 11.5 Å². The number of hydrogen-bond acceptors (Lipinski definition) is 6. The SMILES string of the molecule is COc1ccc2c3c1OC1C4(OC)CCC5(C(C2)N(C)CCC315)n1c(=O)n(-c2ccccc2)c(=O)n14. The third-order valence-electron chi connectivity index (χ3n) is 10.0. The van der Waals surface area contributed by atoms with Crippen LogP contribution in [0.1, 0.15) is 30.4 Å². The summed E-state index contributed by atoms with van der Waals surface area (Å²) in [6.07, 6.45) is 2.44. The van der Waals surface area contributed by atoms with Gasteiger partial charge in [-0.3, -0.25) is 0 Å². The summed E-state index contributed by atoms with van der Waals surface area (Å²) in [6, 6.07) is 13.3. The molecule has 2 aromatic carbocycles. The van der Waals surface area contributed by atoms with E-state index in [-0.39, 0.29) is 17.4 Å². The van der Waals surface area contributed by atoms with Crippen LogP contribution >= 0.6 is 0 Å². The highest BCUT2D eigenvalue weighted by Crippen LogP contribution is 2.72. The fourth-order valence-corrected chi connectivity index (χ4v) is 8.75. The van der Waals surface area contributed by atoms with Crippen molar-refractivity contribution in [3.05, 3.63) is 74.6 Å². The van der Waals surface area contributed by atoms with Crippen molar-refractivity contribution in [2.24, 2.45) is 0 Å². The van der Waals surface area contributed by atoms with Crippen molar-refractivity contribution in [1.29, 1.82) is 0 Å². The summed E-state index contributed by atoms with van der Waals surface area (Å²) in [6.45, 7) is 0.876. The molecule has 1 saturated heterocycles. The van der Waals surface area contributed by atoms with Crippen molar-refractivity contribution in [2.45, 2.75) is 54.5 Å². The minimum Gasteiger partial charge on any atom is -0.493 e. The topological polar surface area (TPSA) is 79.9 Å². The maximum atomic E-state index is 14.4. The summed E-state index contributed by atoms with van der Waals surface area (Å²) < 4.78 is 23.6. The second kappa shape index (κ2) is 6.33. The molecule has 3 aromatic rings. The molecule has 0 N–H and O–H groups in total. The first-order chi connectivity index (χ1) is 17.5. The highest BCUT2D eigenvalue weighted by molar-refractivity contribution is 5.63. The van der Waals surface area contributed by atoms with Gasteiger partial charge in [0.25, 0.3) is 0 Å². The quantitative estimate of drug-likeness (QED) is 0.557. The first-order valence-electron chi connectivity index (χ1n) is 12.6. The second-order valence-electron chi connectivity index (χ2n) is 10.9. The van der Waals surface area contributed by atoms with Gasteiger partial charge in [-0.05, 0) is 56.6 Å². The highest BCUT2D eigenvalue weighted by Gasteiger charge is 2.82. The van der Waals surface area contributed by atoms with E-state index < -0.39 is 22.8 Å². The summed E-state index contributed by atoms with van der Waals surface area (Å²) in [7, 11) is 5.43. The molecule has 2 aliphatic carbocycles. The molecule has 6 aliphatic rings. The molecule has 9 rings (SSSR count). The van der Waals surface area contributed by atoms with Crippen LogP contribution < -0.4 is 20.9 Å². The molecule has 1 saturated carbocycles. The number of benzene rings is 2. The zero-order chi connectivity index (χ0) is 24.6. The Hall–Kier alpha value is -3.30. The first-order valence-corrected chi connectivity index (χ1v) is 12.6. The van der Waals surface area contributed by atoms with E-state index in [0.29, 0.717) is 17.9 Å². The molecule has 0 amide bonds. The van der Waals surface area contributed by atoms with Crippen LogP contribution in [0.3, 0.4) is 0 Å². The van der Waals surface area contributed by atoms with Crippen LogP contribution in [-0.4, -0.2) is 58.8 Å². The lowest BCUT2D eigenvalue weighted by molar-refractivity contribution is -0.290.